The molecule has 2 fully saturated rings. The molecule has 8 nitrogen and oxygen atoms in total. The average Bonchev–Trinajstić information content (AvgIpc) is 3.16. The standard InChI is InChI=1S/C19H13Cl6NO7/c1-30-7-4-6(5-8(31-2)11(7)32-3)16(29)33-26-14(27)9-10(15(26)28)18(23)13(21)12(20)17(9,22)19(18,24)25/h4-5,9-10H,1-3H3/t9-,10-,17+,18+/m0/s1. The molecule has 33 heavy (non-hydrogen) atoms. The minimum Gasteiger partial charge on any atom is -0.493 e. The zero-order chi connectivity index (χ0) is 24.7. The first-order valence-corrected chi connectivity index (χ1v) is 11.3. The first-order valence-electron chi connectivity index (χ1n) is 9.06. The number of nitrogens with zero attached hydrogens (tertiary/aromatic N) is 1. The summed E-state index contributed by atoms with van der Waals surface area (Å²) in [6, 6.07) is 2.56. The monoisotopic (exact) mass is 577 g/mol. The molecule has 2 amide bonds. The van der Waals surface area contributed by atoms with E-state index in [0.29, 0.717) is 0 Å². The summed E-state index contributed by atoms with van der Waals surface area (Å²) in [6.45, 7) is 0. The summed E-state index contributed by atoms with van der Waals surface area (Å²) in [5, 5.41) is -0.255. The second-order valence-corrected chi connectivity index (χ2v) is 10.6. The lowest BCUT2D eigenvalue weighted by Gasteiger charge is -2.34. The van der Waals surface area contributed by atoms with Crippen LogP contribution in [0.25, 0.3) is 0 Å². The molecule has 4 rings (SSSR count). The van der Waals surface area contributed by atoms with E-state index in [1.165, 1.54) is 33.5 Å². The number of fused-ring (bicyclic) bond motifs is 5. The molecule has 1 heterocycles. The van der Waals surface area contributed by atoms with Gasteiger partial charge in [0.05, 0.1) is 48.8 Å². The second kappa shape index (κ2) is 7.86. The van der Waals surface area contributed by atoms with Crippen LogP contribution < -0.4 is 14.2 Å². The summed E-state index contributed by atoms with van der Waals surface area (Å²) in [4.78, 5) is 40.3. The van der Waals surface area contributed by atoms with Gasteiger partial charge in [0.2, 0.25) is 5.75 Å². The van der Waals surface area contributed by atoms with E-state index in [1.54, 1.807) is 0 Å². The molecule has 178 valence electrons. The molecule has 14 heteroatoms. The Hall–Kier alpha value is -1.29. The number of halogens is 6. The Balaban J connectivity index is 1.69. The van der Waals surface area contributed by atoms with Crippen molar-refractivity contribution in [3.05, 3.63) is 27.8 Å². The molecule has 0 aromatic heterocycles. The highest BCUT2D eigenvalue weighted by Gasteiger charge is 2.88. The number of amides is 2. The maximum Gasteiger partial charge on any atom is 0.364 e. The lowest BCUT2D eigenvalue weighted by Crippen LogP contribution is -2.50. The molecule has 0 unspecified atom stereocenters. The highest BCUT2D eigenvalue weighted by atomic mass is 35.5. The molecular weight excluding hydrogens is 567 g/mol. The Kier molecular flexibility index (Phi) is 5.92. The smallest absolute Gasteiger partial charge is 0.364 e. The number of methoxy groups -OCH3 is 3. The second-order valence-electron chi connectivity index (χ2n) is 7.34. The summed E-state index contributed by atoms with van der Waals surface area (Å²) in [5.41, 5.74) is -0.107. The third-order valence-corrected chi connectivity index (χ3v) is 10.2. The Morgan fingerprint density at radius 2 is 1.27 bits per heavy atom. The Morgan fingerprint density at radius 3 is 1.64 bits per heavy atom. The van der Waals surface area contributed by atoms with Crippen LogP contribution in [-0.4, -0.2) is 58.3 Å². The molecule has 1 saturated heterocycles. The average molecular weight is 580 g/mol. The van der Waals surface area contributed by atoms with Gasteiger partial charge < -0.3 is 19.0 Å². The fourth-order valence-electron chi connectivity index (χ4n) is 4.39. The minimum absolute atomic E-state index is 0.107. The van der Waals surface area contributed by atoms with E-state index >= 15 is 0 Å². The van der Waals surface area contributed by atoms with Crippen LogP contribution in [0.2, 0.25) is 0 Å². The van der Waals surface area contributed by atoms with Gasteiger partial charge in [-0.2, -0.15) is 0 Å². The fraction of sp³-hybridized carbons (Fsp3) is 0.421. The molecule has 1 aromatic rings. The lowest BCUT2D eigenvalue weighted by atomic mass is 9.84. The topological polar surface area (TPSA) is 91.4 Å². The SMILES string of the molecule is COc1cc(C(=O)ON2C(=O)[C@@H]3[C@@H](C2=O)[C@@]2(Cl)C(Cl)=C(Cl)[C@@]3(Cl)C2(Cl)Cl)cc(OC)c1OC. The molecule has 0 N–H and O–H groups in total. The molecule has 2 aliphatic carbocycles. The van der Waals surface area contributed by atoms with Gasteiger partial charge in [0.15, 0.2) is 15.8 Å². The summed E-state index contributed by atoms with van der Waals surface area (Å²) in [6.07, 6.45) is 0. The van der Waals surface area contributed by atoms with Crippen molar-refractivity contribution in [1.29, 1.82) is 0 Å². The Morgan fingerprint density at radius 1 is 0.848 bits per heavy atom. The van der Waals surface area contributed by atoms with Gasteiger partial charge in [0, 0.05) is 0 Å². The molecule has 0 radical (unpaired) electrons. The van der Waals surface area contributed by atoms with Crippen LogP contribution in [0.4, 0.5) is 0 Å². The third-order valence-electron chi connectivity index (χ3n) is 5.94. The predicted octanol–water partition coefficient (Wildman–Crippen LogP) is 4.23. The van der Waals surface area contributed by atoms with Gasteiger partial charge in [-0.15, -0.1) is 28.3 Å². The summed E-state index contributed by atoms with van der Waals surface area (Å²) < 4.78 is 13.5. The van der Waals surface area contributed by atoms with Crippen molar-refractivity contribution in [3.8, 4) is 17.2 Å². The molecule has 0 spiro atoms. The highest BCUT2D eigenvalue weighted by Crippen LogP contribution is 2.77. The molecule has 1 aromatic carbocycles. The zero-order valence-corrected chi connectivity index (χ0v) is 21.4. The highest BCUT2D eigenvalue weighted by molar-refractivity contribution is 6.66. The minimum atomic E-state index is -2.09. The van der Waals surface area contributed by atoms with Gasteiger partial charge in [-0.05, 0) is 12.1 Å². The van der Waals surface area contributed by atoms with Gasteiger partial charge in [0.1, 0.15) is 9.75 Å². The number of alkyl halides is 4. The van der Waals surface area contributed by atoms with Crippen molar-refractivity contribution in [2.75, 3.05) is 21.3 Å². The van der Waals surface area contributed by atoms with Crippen LogP contribution in [0, 0.1) is 11.8 Å². The van der Waals surface area contributed by atoms with Crippen LogP contribution in [0.5, 0.6) is 17.2 Å². The molecular formula is C19H13Cl6NO7. The van der Waals surface area contributed by atoms with E-state index < -0.39 is 43.7 Å². The van der Waals surface area contributed by atoms with Crippen LogP contribution in [0.1, 0.15) is 10.4 Å². The van der Waals surface area contributed by atoms with Crippen molar-refractivity contribution in [3.63, 3.8) is 0 Å². The van der Waals surface area contributed by atoms with Gasteiger partial charge in [-0.1, -0.05) is 46.4 Å². The van der Waals surface area contributed by atoms with Crippen molar-refractivity contribution in [2.24, 2.45) is 11.8 Å². The van der Waals surface area contributed by atoms with Crippen LogP contribution >= 0.6 is 69.6 Å². The number of allylic oxidation sites excluding steroid dienone is 2. The first kappa shape index (κ1) is 24.8. The predicted molar refractivity (Wildman–Crippen MR) is 121 cm³/mol. The number of hydrogen-bond acceptors (Lipinski definition) is 7. The van der Waals surface area contributed by atoms with Gasteiger partial charge >= 0.3 is 5.97 Å². The Labute approximate surface area is 217 Å². The maximum atomic E-state index is 13.2. The van der Waals surface area contributed by atoms with Gasteiger partial charge in [-0.3, -0.25) is 9.59 Å². The van der Waals surface area contributed by atoms with E-state index in [4.69, 9.17) is 88.7 Å². The lowest BCUT2D eigenvalue weighted by molar-refractivity contribution is -0.175. The van der Waals surface area contributed by atoms with Crippen molar-refractivity contribution >= 4 is 87.4 Å². The molecule has 3 aliphatic rings. The van der Waals surface area contributed by atoms with E-state index in [-0.39, 0.29) is 37.9 Å². The molecule has 4 atom stereocenters. The summed E-state index contributed by atoms with van der Waals surface area (Å²) in [5.74, 6) is -5.43. The van der Waals surface area contributed by atoms with Crippen molar-refractivity contribution in [2.45, 2.75) is 14.1 Å². The third kappa shape index (κ3) is 2.82. The summed E-state index contributed by atoms with van der Waals surface area (Å²) in [7, 11) is 4.08. The number of hydroxylamine groups is 2. The van der Waals surface area contributed by atoms with E-state index in [0.717, 1.165) is 0 Å². The zero-order valence-electron chi connectivity index (χ0n) is 16.9. The normalized spacial score (nSPS) is 31.7. The van der Waals surface area contributed by atoms with Crippen LogP contribution in [0.3, 0.4) is 0 Å². The van der Waals surface area contributed by atoms with E-state index in [9.17, 15) is 14.4 Å². The van der Waals surface area contributed by atoms with Gasteiger partial charge in [-0.25, -0.2) is 4.79 Å². The number of carbonyl (C=O) groups is 3. The quantitative estimate of drug-likeness (QED) is 0.381. The number of imide groups is 1. The number of hydrogen-bond donors (Lipinski definition) is 0. The molecule has 1 saturated carbocycles. The number of ether oxygens (including phenoxy) is 3. The summed E-state index contributed by atoms with van der Waals surface area (Å²) >= 11 is 38.5. The number of carbonyl (C=O) groups excluding carboxylic acids is 3. The number of rotatable bonds is 5. The van der Waals surface area contributed by atoms with Crippen molar-refractivity contribution in [1.82, 2.24) is 5.06 Å². The molecule has 2 bridgehead atoms. The number of benzene rings is 1. The van der Waals surface area contributed by atoms with Crippen molar-refractivity contribution < 1.29 is 33.4 Å². The largest absolute Gasteiger partial charge is 0.493 e. The Bertz CT molecular complexity index is 1070. The molecule has 1 aliphatic heterocycles. The van der Waals surface area contributed by atoms with Crippen LogP contribution in [-0.2, 0) is 14.4 Å². The van der Waals surface area contributed by atoms with E-state index in [1.807, 2.05) is 0 Å². The van der Waals surface area contributed by atoms with Gasteiger partial charge in [0.25, 0.3) is 11.8 Å². The maximum absolute atomic E-state index is 13.2. The first-order chi connectivity index (χ1) is 15.3. The fourth-order valence-corrected chi connectivity index (χ4v) is 7.32. The van der Waals surface area contributed by atoms with Crippen LogP contribution in [0.15, 0.2) is 22.2 Å². The van der Waals surface area contributed by atoms with E-state index in [2.05, 4.69) is 0 Å².